The highest BCUT2D eigenvalue weighted by Gasteiger charge is 2.24. The molecule has 0 saturated heterocycles. The van der Waals surface area contributed by atoms with Crippen molar-refractivity contribution in [1.29, 1.82) is 0 Å². The van der Waals surface area contributed by atoms with Crippen LogP contribution in [0.3, 0.4) is 0 Å². The van der Waals surface area contributed by atoms with Gasteiger partial charge in [-0.15, -0.1) is 0 Å². The van der Waals surface area contributed by atoms with Gasteiger partial charge < -0.3 is 19.9 Å². The van der Waals surface area contributed by atoms with Gasteiger partial charge in [-0.1, -0.05) is 54.1 Å². The number of aliphatic hydroxyl groups is 1. The number of hydrogen-bond donors (Lipinski definition) is 2. The predicted molar refractivity (Wildman–Crippen MR) is 115 cm³/mol. The Labute approximate surface area is 176 Å². The first kappa shape index (κ1) is 21.1. The Bertz CT molecular complexity index is 904. The van der Waals surface area contributed by atoms with Crippen LogP contribution >= 0.6 is 11.6 Å². The summed E-state index contributed by atoms with van der Waals surface area (Å²) >= 11 is 5.90. The average Bonchev–Trinajstić information content (AvgIpc) is 2.77. The van der Waals surface area contributed by atoms with Crippen LogP contribution in [0.1, 0.15) is 28.8 Å². The molecule has 3 rings (SSSR count). The quantitative estimate of drug-likeness (QED) is 0.511. The van der Waals surface area contributed by atoms with E-state index in [1.54, 1.807) is 32.5 Å². The molecule has 0 saturated carbocycles. The fraction of sp³-hybridized carbons (Fsp3) is 0.261. The smallest absolute Gasteiger partial charge is 0.161 e. The standard InChI is InChI=1S/C23H25ClN2O3/c1-28-19-10-8-17(14-20(19)29-2)22(23(27)18-9-11-21(24)26-15-18)25-13-12-16-6-4-3-5-7-16/h3-11,14-15,22-23,25,27H,12-13H2,1-2H3. The number of nitrogens with one attached hydrogen (secondary N) is 1. The number of hydrogen-bond acceptors (Lipinski definition) is 5. The van der Waals surface area contributed by atoms with Gasteiger partial charge in [-0.3, -0.25) is 0 Å². The molecule has 6 heteroatoms. The monoisotopic (exact) mass is 412 g/mol. The summed E-state index contributed by atoms with van der Waals surface area (Å²) in [5, 5.41) is 15.0. The number of benzene rings is 2. The third-order valence-electron chi connectivity index (χ3n) is 4.79. The minimum Gasteiger partial charge on any atom is -0.493 e. The Kier molecular flexibility index (Phi) is 7.47. The maximum absolute atomic E-state index is 11.1. The van der Waals surface area contributed by atoms with Gasteiger partial charge in [0.2, 0.25) is 0 Å². The highest BCUT2D eigenvalue weighted by molar-refractivity contribution is 6.29. The lowest BCUT2D eigenvalue weighted by atomic mass is 9.96. The number of rotatable bonds is 9. The van der Waals surface area contributed by atoms with Crippen molar-refractivity contribution in [3.63, 3.8) is 0 Å². The molecule has 0 amide bonds. The SMILES string of the molecule is COc1ccc(C(NCCc2ccccc2)C(O)c2ccc(Cl)nc2)cc1OC. The second-order valence-electron chi connectivity index (χ2n) is 6.64. The summed E-state index contributed by atoms with van der Waals surface area (Å²) in [5.41, 5.74) is 2.80. The number of aromatic nitrogens is 1. The molecule has 0 radical (unpaired) electrons. The Morgan fingerprint density at radius 1 is 0.966 bits per heavy atom. The van der Waals surface area contributed by atoms with Gasteiger partial charge in [0.15, 0.2) is 11.5 Å². The summed E-state index contributed by atoms with van der Waals surface area (Å²) in [7, 11) is 3.19. The molecule has 0 spiro atoms. The lowest BCUT2D eigenvalue weighted by Gasteiger charge is -2.26. The van der Waals surface area contributed by atoms with Crippen LogP contribution in [0.5, 0.6) is 11.5 Å². The normalized spacial score (nSPS) is 13.0. The van der Waals surface area contributed by atoms with Gasteiger partial charge in [-0.05, 0) is 42.3 Å². The summed E-state index contributed by atoms with van der Waals surface area (Å²) in [6.45, 7) is 0.696. The molecule has 0 aliphatic carbocycles. The van der Waals surface area contributed by atoms with Crippen LogP contribution in [-0.4, -0.2) is 30.9 Å². The van der Waals surface area contributed by atoms with Gasteiger partial charge in [0.05, 0.1) is 26.4 Å². The molecular formula is C23H25ClN2O3. The number of methoxy groups -OCH3 is 2. The van der Waals surface area contributed by atoms with Gasteiger partial charge >= 0.3 is 0 Å². The molecule has 0 fully saturated rings. The zero-order chi connectivity index (χ0) is 20.6. The first-order chi connectivity index (χ1) is 14.1. The Hall–Kier alpha value is -2.60. The lowest BCUT2D eigenvalue weighted by molar-refractivity contribution is 0.128. The van der Waals surface area contributed by atoms with E-state index in [0.717, 1.165) is 12.0 Å². The van der Waals surface area contributed by atoms with Gasteiger partial charge in [-0.2, -0.15) is 0 Å². The van der Waals surface area contributed by atoms with Crippen molar-refractivity contribution in [3.8, 4) is 11.5 Å². The molecule has 2 atom stereocenters. The van der Waals surface area contributed by atoms with E-state index in [0.29, 0.717) is 28.8 Å². The van der Waals surface area contributed by atoms with Crippen LogP contribution in [0.25, 0.3) is 0 Å². The molecule has 1 heterocycles. The van der Waals surface area contributed by atoms with Crippen LogP contribution in [0.4, 0.5) is 0 Å². The van der Waals surface area contributed by atoms with E-state index in [9.17, 15) is 5.11 Å². The summed E-state index contributed by atoms with van der Waals surface area (Å²) < 4.78 is 10.8. The largest absolute Gasteiger partial charge is 0.493 e. The second kappa shape index (κ2) is 10.3. The molecule has 152 valence electrons. The van der Waals surface area contributed by atoms with Crippen LogP contribution in [0.15, 0.2) is 66.9 Å². The predicted octanol–water partition coefficient (Wildman–Crippen LogP) is 4.36. The summed E-state index contributed by atoms with van der Waals surface area (Å²) in [6, 6.07) is 19.0. The van der Waals surface area contributed by atoms with E-state index >= 15 is 0 Å². The van der Waals surface area contributed by atoms with Crippen molar-refractivity contribution >= 4 is 11.6 Å². The fourth-order valence-corrected chi connectivity index (χ4v) is 3.34. The topological polar surface area (TPSA) is 63.6 Å². The van der Waals surface area contributed by atoms with Crippen molar-refractivity contribution in [3.05, 3.63) is 88.7 Å². The van der Waals surface area contributed by atoms with Crippen molar-refractivity contribution in [2.75, 3.05) is 20.8 Å². The van der Waals surface area contributed by atoms with Crippen LogP contribution in [0.2, 0.25) is 5.15 Å². The average molecular weight is 413 g/mol. The molecule has 2 N–H and O–H groups in total. The Balaban J connectivity index is 1.85. The molecule has 0 aliphatic heterocycles. The molecule has 5 nitrogen and oxygen atoms in total. The molecule has 1 aromatic heterocycles. The summed E-state index contributed by atoms with van der Waals surface area (Å²) in [4.78, 5) is 4.10. The van der Waals surface area contributed by atoms with E-state index in [1.165, 1.54) is 5.56 Å². The molecular weight excluding hydrogens is 388 g/mol. The minimum atomic E-state index is -0.811. The fourth-order valence-electron chi connectivity index (χ4n) is 3.23. The zero-order valence-electron chi connectivity index (χ0n) is 16.5. The molecule has 2 unspecified atom stereocenters. The first-order valence-corrected chi connectivity index (χ1v) is 9.79. The third kappa shape index (κ3) is 5.48. The Morgan fingerprint density at radius 2 is 1.69 bits per heavy atom. The Morgan fingerprint density at radius 3 is 2.34 bits per heavy atom. The van der Waals surface area contributed by atoms with E-state index in [-0.39, 0.29) is 6.04 Å². The zero-order valence-corrected chi connectivity index (χ0v) is 17.3. The number of nitrogens with zero attached hydrogens (tertiary/aromatic N) is 1. The number of pyridine rings is 1. The summed E-state index contributed by atoms with van der Waals surface area (Å²) in [6.07, 6.45) is 1.63. The molecule has 2 aromatic carbocycles. The van der Waals surface area contributed by atoms with Crippen LogP contribution in [-0.2, 0) is 6.42 Å². The lowest BCUT2D eigenvalue weighted by Crippen LogP contribution is -2.29. The maximum Gasteiger partial charge on any atom is 0.161 e. The van der Waals surface area contributed by atoms with E-state index in [1.807, 2.05) is 36.4 Å². The molecule has 3 aromatic rings. The second-order valence-corrected chi connectivity index (χ2v) is 7.03. The highest BCUT2D eigenvalue weighted by atomic mass is 35.5. The van der Waals surface area contributed by atoms with Crippen LogP contribution < -0.4 is 14.8 Å². The van der Waals surface area contributed by atoms with Gasteiger partial charge in [0, 0.05) is 11.8 Å². The first-order valence-electron chi connectivity index (χ1n) is 9.41. The van der Waals surface area contributed by atoms with E-state index in [2.05, 4.69) is 22.4 Å². The maximum atomic E-state index is 11.1. The minimum absolute atomic E-state index is 0.360. The van der Waals surface area contributed by atoms with Crippen LogP contribution in [0, 0.1) is 0 Å². The van der Waals surface area contributed by atoms with Crippen molar-refractivity contribution in [1.82, 2.24) is 10.3 Å². The van der Waals surface area contributed by atoms with Gasteiger partial charge in [0.25, 0.3) is 0 Å². The number of halogens is 1. The third-order valence-corrected chi connectivity index (χ3v) is 5.02. The van der Waals surface area contributed by atoms with Gasteiger partial charge in [-0.25, -0.2) is 4.98 Å². The van der Waals surface area contributed by atoms with E-state index < -0.39 is 6.10 Å². The summed E-state index contributed by atoms with van der Waals surface area (Å²) in [5.74, 6) is 1.25. The van der Waals surface area contributed by atoms with Crippen molar-refractivity contribution in [2.45, 2.75) is 18.6 Å². The number of aliphatic hydroxyl groups excluding tert-OH is 1. The number of ether oxygens (including phenoxy) is 2. The van der Waals surface area contributed by atoms with Gasteiger partial charge in [0.1, 0.15) is 5.15 Å². The van der Waals surface area contributed by atoms with E-state index in [4.69, 9.17) is 21.1 Å². The molecule has 0 bridgehead atoms. The molecule has 0 aliphatic rings. The molecule has 29 heavy (non-hydrogen) atoms. The van der Waals surface area contributed by atoms with Crippen molar-refractivity contribution in [2.24, 2.45) is 0 Å². The van der Waals surface area contributed by atoms with Crippen molar-refractivity contribution < 1.29 is 14.6 Å². The highest BCUT2D eigenvalue weighted by Crippen LogP contribution is 2.35.